The van der Waals surface area contributed by atoms with Gasteiger partial charge in [0.25, 0.3) is 0 Å². The summed E-state index contributed by atoms with van der Waals surface area (Å²) in [6, 6.07) is 3.60. The lowest BCUT2D eigenvalue weighted by Gasteiger charge is -2.21. The number of aliphatic hydroxyl groups excluding tert-OH is 1. The van der Waals surface area contributed by atoms with Gasteiger partial charge in [0.1, 0.15) is 0 Å². The first-order valence-electron chi connectivity index (χ1n) is 7.53. The normalized spacial score (nSPS) is 13.6. The van der Waals surface area contributed by atoms with Crippen molar-refractivity contribution in [1.82, 2.24) is 0 Å². The van der Waals surface area contributed by atoms with Gasteiger partial charge in [0.05, 0.1) is 25.9 Å². The molecule has 1 rings (SSSR count). The molecule has 0 saturated heterocycles. The lowest BCUT2D eigenvalue weighted by atomic mass is 9.97. The van der Waals surface area contributed by atoms with Crippen LogP contribution >= 0.6 is 0 Å². The molecule has 2 unspecified atom stereocenters. The van der Waals surface area contributed by atoms with Crippen molar-refractivity contribution in [3.05, 3.63) is 17.7 Å². The molecule has 0 heterocycles. The minimum absolute atomic E-state index is 0.0492. The van der Waals surface area contributed by atoms with Gasteiger partial charge < -0.3 is 25.1 Å². The maximum absolute atomic E-state index is 10.4. The molecule has 0 fully saturated rings. The van der Waals surface area contributed by atoms with Gasteiger partial charge in [-0.3, -0.25) is 0 Å². The van der Waals surface area contributed by atoms with Crippen LogP contribution in [0.15, 0.2) is 12.1 Å². The first-order chi connectivity index (χ1) is 10.1. The molecule has 0 aliphatic heterocycles. The average molecular weight is 297 g/mol. The molecule has 0 aliphatic rings. The Balaban J connectivity index is 3.27. The molecular formula is C16H27NO4. The fraction of sp³-hybridized carbons (Fsp3) is 0.625. The number of benzene rings is 1. The van der Waals surface area contributed by atoms with Crippen LogP contribution in [0, 0.1) is 5.92 Å². The summed E-state index contributed by atoms with van der Waals surface area (Å²) in [5.41, 5.74) is 6.36. The first kappa shape index (κ1) is 17.6. The Morgan fingerprint density at radius 1 is 1.00 bits per heavy atom. The van der Waals surface area contributed by atoms with Gasteiger partial charge >= 0.3 is 0 Å². The van der Waals surface area contributed by atoms with Crippen LogP contribution in [0.2, 0.25) is 0 Å². The van der Waals surface area contributed by atoms with Crippen molar-refractivity contribution in [3.63, 3.8) is 0 Å². The Bertz CT molecular complexity index is 409. The minimum atomic E-state index is -0.663. The summed E-state index contributed by atoms with van der Waals surface area (Å²) in [6.45, 7) is 9.56. The second-order valence-electron chi connectivity index (χ2n) is 4.80. The van der Waals surface area contributed by atoms with Crippen molar-refractivity contribution in [3.8, 4) is 17.2 Å². The Hall–Kier alpha value is -1.46. The third kappa shape index (κ3) is 4.51. The predicted octanol–water partition coefficient (Wildman–Crippen LogP) is 2.51. The zero-order valence-corrected chi connectivity index (χ0v) is 13.4. The van der Waals surface area contributed by atoms with Crippen LogP contribution in [-0.2, 0) is 0 Å². The molecular weight excluding hydrogens is 270 g/mol. The largest absolute Gasteiger partial charge is 0.490 e. The van der Waals surface area contributed by atoms with E-state index in [4.69, 9.17) is 19.9 Å². The highest BCUT2D eigenvalue weighted by atomic mass is 16.5. The van der Waals surface area contributed by atoms with Crippen molar-refractivity contribution < 1.29 is 19.3 Å². The van der Waals surface area contributed by atoms with E-state index in [0.29, 0.717) is 43.6 Å². The molecule has 3 N–H and O–H groups in total. The summed E-state index contributed by atoms with van der Waals surface area (Å²) in [6.07, 6.45) is -0.663. The monoisotopic (exact) mass is 297 g/mol. The summed E-state index contributed by atoms with van der Waals surface area (Å²) >= 11 is 0. The number of aliphatic hydroxyl groups is 1. The zero-order chi connectivity index (χ0) is 15.8. The van der Waals surface area contributed by atoms with Gasteiger partial charge in [-0.25, -0.2) is 0 Å². The smallest absolute Gasteiger partial charge is 0.203 e. The molecule has 0 spiro atoms. The Morgan fingerprint density at radius 3 is 1.86 bits per heavy atom. The second-order valence-corrected chi connectivity index (χ2v) is 4.80. The highest BCUT2D eigenvalue weighted by molar-refractivity contribution is 5.54. The van der Waals surface area contributed by atoms with Gasteiger partial charge in [0, 0.05) is 0 Å². The molecule has 0 radical (unpaired) electrons. The molecule has 0 saturated carbocycles. The van der Waals surface area contributed by atoms with Crippen LogP contribution in [0.3, 0.4) is 0 Å². The second kappa shape index (κ2) is 8.74. The lowest BCUT2D eigenvalue weighted by molar-refractivity contribution is 0.120. The average Bonchev–Trinajstić information content (AvgIpc) is 2.49. The Morgan fingerprint density at radius 2 is 1.48 bits per heavy atom. The van der Waals surface area contributed by atoms with Gasteiger partial charge in [0.15, 0.2) is 11.5 Å². The molecule has 0 aliphatic carbocycles. The maximum atomic E-state index is 10.4. The van der Waals surface area contributed by atoms with Crippen LogP contribution in [0.4, 0.5) is 0 Å². The summed E-state index contributed by atoms with van der Waals surface area (Å²) in [7, 11) is 0. The highest BCUT2D eigenvalue weighted by Gasteiger charge is 2.21. The summed E-state index contributed by atoms with van der Waals surface area (Å²) in [5.74, 6) is 1.71. The molecule has 2 atom stereocenters. The Labute approximate surface area is 127 Å². The molecule has 0 amide bonds. The van der Waals surface area contributed by atoms with Crippen molar-refractivity contribution in [2.24, 2.45) is 11.7 Å². The quantitative estimate of drug-likeness (QED) is 0.732. The van der Waals surface area contributed by atoms with E-state index in [1.54, 1.807) is 12.1 Å². The number of hydrogen-bond acceptors (Lipinski definition) is 5. The van der Waals surface area contributed by atoms with Gasteiger partial charge in [-0.05, 0) is 50.9 Å². The fourth-order valence-electron chi connectivity index (χ4n) is 2.04. The van der Waals surface area contributed by atoms with E-state index in [1.165, 1.54) is 0 Å². The van der Waals surface area contributed by atoms with Gasteiger partial charge in [-0.1, -0.05) is 6.92 Å². The molecule has 0 bridgehead atoms. The summed E-state index contributed by atoms with van der Waals surface area (Å²) in [4.78, 5) is 0. The van der Waals surface area contributed by atoms with Crippen molar-refractivity contribution in [2.45, 2.75) is 33.8 Å². The van der Waals surface area contributed by atoms with Crippen molar-refractivity contribution in [1.29, 1.82) is 0 Å². The number of nitrogens with two attached hydrogens (primary N) is 1. The van der Waals surface area contributed by atoms with E-state index in [0.717, 1.165) is 5.56 Å². The summed E-state index contributed by atoms with van der Waals surface area (Å²) < 4.78 is 16.9. The molecule has 1 aromatic rings. The number of rotatable bonds is 9. The predicted molar refractivity (Wildman–Crippen MR) is 83.1 cm³/mol. The van der Waals surface area contributed by atoms with Crippen molar-refractivity contribution >= 4 is 0 Å². The molecule has 120 valence electrons. The number of hydrogen-bond donors (Lipinski definition) is 2. The van der Waals surface area contributed by atoms with E-state index >= 15 is 0 Å². The maximum Gasteiger partial charge on any atom is 0.203 e. The van der Waals surface area contributed by atoms with Crippen LogP contribution < -0.4 is 19.9 Å². The van der Waals surface area contributed by atoms with Crippen LogP contribution in [0.1, 0.15) is 39.4 Å². The molecule has 0 aromatic heterocycles. The van der Waals surface area contributed by atoms with E-state index in [1.807, 2.05) is 27.7 Å². The lowest BCUT2D eigenvalue weighted by Crippen LogP contribution is -2.19. The molecule has 1 aromatic carbocycles. The third-order valence-electron chi connectivity index (χ3n) is 3.18. The SMILES string of the molecule is CCOc1cc(C(O)C(C)CN)cc(OCC)c1OCC. The fourth-order valence-corrected chi connectivity index (χ4v) is 2.04. The van der Waals surface area contributed by atoms with E-state index < -0.39 is 6.10 Å². The topological polar surface area (TPSA) is 73.9 Å². The van der Waals surface area contributed by atoms with Gasteiger partial charge in [-0.15, -0.1) is 0 Å². The molecule has 5 nitrogen and oxygen atoms in total. The minimum Gasteiger partial charge on any atom is -0.490 e. The van der Waals surface area contributed by atoms with E-state index in [9.17, 15) is 5.11 Å². The van der Waals surface area contributed by atoms with E-state index in [-0.39, 0.29) is 5.92 Å². The third-order valence-corrected chi connectivity index (χ3v) is 3.18. The summed E-state index contributed by atoms with van der Waals surface area (Å²) in [5, 5.41) is 10.4. The van der Waals surface area contributed by atoms with Crippen LogP contribution in [-0.4, -0.2) is 31.5 Å². The standard InChI is InChI=1S/C16H27NO4/c1-5-19-13-8-12(15(18)11(4)10-17)9-14(20-6-2)16(13)21-7-3/h8-9,11,15,18H,5-7,10,17H2,1-4H3. The molecule has 5 heteroatoms. The van der Waals surface area contributed by atoms with Gasteiger partial charge in [0.2, 0.25) is 5.75 Å². The van der Waals surface area contributed by atoms with Crippen LogP contribution in [0.25, 0.3) is 0 Å². The number of ether oxygens (including phenoxy) is 3. The molecule has 21 heavy (non-hydrogen) atoms. The van der Waals surface area contributed by atoms with Crippen LogP contribution in [0.5, 0.6) is 17.2 Å². The first-order valence-corrected chi connectivity index (χ1v) is 7.53. The van der Waals surface area contributed by atoms with Gasteiger partial charge in [-0.2, -0.15) is 0 Å². The highest BCUT2D eigenvalue weighted by Crippen LogP contribution is 2.41. The zero-order valence-electron chi connectivity index (χ0n) is 13.4. The van der Waals surface area contributed by atoms with E-state index in [2.05, 4.69) is 0 Å². The Kier molecular flexibility index (Phi) is 7.32. The van der Waals surface area contributed by atoms with Crippen molar-refractivity contribution in [2.75, 3.05) is 26.4 Å².